The summed E-state index contributed by atoms with van der Waals surface area (Å²) in [4.78, 5) is 10.8. The molecule has 0 aliphatic heterocycles. The van der Waals surface area contributed by atoms with Crippen LogP contribution in [0.3, 0.4) is 0 Å². The molecular formula is C15H33NO2. The van der Waals surface area contributed by atoms with Crippen LogP contribution in [0.1, 0.15) is 84.0 Å². The average molecular weight is 259 g/mol. The molecule has 0 spiro atoms. The minimum atomic E-state index is -0.0686. The van der Waals surface area contributed by atoms with Gasteiger partial charge >= 0.3 is 5.97 Å². The van der Waals surface area contributed by atoms with Crippen molar-refractivity contribution in [3.05, 3.63) is 0 Å². The molecule has 18 heavy (non-hydrogen) atoms. The first-order chi connectivity index (χ1) is 8.31. The molecule has 0 aliphatic rings. The maximum Gasteiger partial charge on any atom is 0.305 e. The highest BCUT2D eigenvalue weighted by molar-refractivity contribution is 5.68. The zero-order valence-electron chi connectivity index (χ0n) is 12.5. The van der Waals surface area contributed by atoms with Crippen molar-refractivity contribution in [2.24, 2.45) is 0 Å². The molecule has 0 rings (SSSR count). The maximum atomic E-state index is 10.8. The van der Waals surface area contributed by atoms with Gasteiger partial charge in [-0.15, -0.1) is 0 Å². The molecule has 0 aromatic heterocycles. The lowest BCUT2D eigenvalue weighted by atomic mass is 10.1. The lowest BCUT2D eigenvalue weighted by Gasteiger charge is -2.02. The van der Waals surface area contributed by atoms with E-state index in [0.29, 0.717) is 6.42 Å². The summed E-state index contributed by atoms with van der Waals surface area (Å²) in [6.07, 6.45) is 15.1. The molecule has 0 bridgehead atoms. The molecule has 0 atom stereocenters. The van der Waals surface area contributed by atoms with Gasteiger partial charge in [-0.1, -0.05) is 71.1 Å². The maximum absolute atomic E-state index is 10.8. The summed E-state index contributed by atoms with van der Waals surface area (Å²) in [6, 6.07) is 0. The number of hydrogen-bond donors (Lipinski definition) is 1. The molecule has 0 amide bonds. The van der Waals surface area contributed by atoms with Crippen LogP contribution in [0, 0.1) is 0 Å². The van der Waals surface area contributed by atoms with Gasteiger partial charge in [0.15, 0.2) is 0 Å². The number of esters is 1. The molecular weight excluding hydrogens is 226 g/mol. The summed E-state index contributed by atoms with van der Waals surface area (Å²) in [6.45, 7) is 2.26. The molecule has 0 aromatic carbocycles. The number of carbonyl (C=O) groups excluding carboxylic acids is 1. The fourth-order valence-corrected chi connectivity index (χ4v) is 2.04. The van der Waals surface area contributed by atoms with Gasteiger partial charge in [0.25, 0.3) is 0 Å². The summed E-state index contributed by atoms with van der Waals surface area (Å²) in [5, 5.41) is 0. The van der Waals surface area contributed by atoms with Crippen LogP contribution in [-0.4, -0.2) is 13.1 Å². The Bertz CT molecular complexity index is 172. The fraction of sp³-hybridized carbons (Fsp3) is 0.933. The number of methoxy groups -OCH3 is 1. The first kappa shape index (κ1) is 19.8. The molecule has 110 valence electrons. The van der Waals surface area contributed by atoms with E-state index in [9.17, 15) is 4.79 Å². The van der Waals surface area contributed by atoms with Crippen molar-refractivity contribution in [3.63, 3.8) is 0 Å². The highest BCUT2D eigenvalue weighted by atomic mass is 16.5. The third-order valence-electron chi connectivity index (χ3n) is 3.21. The van der Waals surface area contributed by atoms with Crippen LogP contribution < -0.4 is 6.15 Å². The Hall–Kier alpha value is -0.570. The van der Waals surface area contributed by atoms with Crippen LogP contribution >= 0.6 is 0 Å². The summed E-state index contributed by atoms with van der Waals surface area (Å²) >= 11 is 0. The predicted molar refractivity (Wildman–Crippen MR) is 78.1 cm³/mol. The smallest absolute Gasteiger partial charge is 0.305 e. The van der Waals surface area contributed by atoms with Crippen LogP contribution in [0.4, 0.5) is 0 Å². The Labute approximate surface area is 113 Å². The van der Waals surface area contributed by atoms with Gasteiger partial charge in [-0.3, -0.25) is 4.79 Å². The van der Waals surface area contributed by atoms with Gasteiger partial charge in [-0.25, -0.2) is 0 Å². The van der Waals surface area contributed by atoms with E-state index in [1.165, 1.54) is 71.3 Å². The third kappa shape index (κ3) is 15.4. The Kier molecular flexibility index (Phi) is 18.0. The molecule has 0 saturated heterocycles. The van der Waals surface area contributed by atoms with Crippen LogP contribution in [0.5, 0.6) is 0 Å². The molecule has 0 saturated carbocycles. The first-order valence-electron chi connectivity index (χ1n) is 7.38. The zero-order chi connectivity index (χ0) is 12.8. The van der Waals surface area contributed by atoms with Gasteiger partial charge in [-0.05, 0) is 6.42 Å². The third-order valence-corrected chi connectivity index (χ3v) is 3.21. The number of ether oxygens (including phenoxy) is 1. The van der Waals surface area contributed by atoms with Crippen molar-refractivity contribution in [3.8, 4) is 0 Å². The van der Waals surface area contributed by atoms with Gasteiger partial charge in [0.1, 0.15) is 0 Å². The Balaban J connectivity index is 0. The standard InChI is InChI=1S/C15H30O2.H3N/c1-3-4-5-6-7-8-9-10-11-12-13-14-15(16)17-2;/h3-14H2,1-2H3;1H3. The Morgan fingerprint density at radius 1 is 0.778 bits per heavy atom. The van der Waals surface area contributed by atoms with E-state index < -0.39 is 0 Å². The molecule has 3 heteroatoms. The molecule has 3 N–H and O–H groups in total. The summed E-state index contributed by atoms with van der Waals surface area (Å²) in [5.74, 6) is -0.0686. The van der Waals surface area contributed by atoms with Crippen molar-refractivity contribution in [2.75, 3.05) is 7.11 Å². The number of hydrogen-bond acceptors (Lipinski definition) is 3. The molecule has 0 unspecified atom stereocenters. The van der Waals surface area contributed by atoms with Crippen molar-refractivity contribution in [1.29, 1.82) is 0 Å². The quantitative estimate of drug-likeness (QED) is 0.395. The van der Waals surface area contributed by atoms with Crippen molar-refractivity contribution in [2.45, 2.75) is 84.0 Å². The van der Waals surface area contributed by atoms with Gasteiger partial charge in [-0.2, -0.15) is 0 Å². The second kappa shape index (κ2) is 16.4. The molecule has 0 aromatic rings. The largest absolute Gasteiger partial charge is 0.469 e. The minimum Gasteiger partial charge on any atom is -0.469 e. The van der Waals surface area contributed by atoms with Gasteiger partial charge < -0.3 is 10.9 Å². The van der Waals surface area contributed by atoms with Crippen LogP contribution in [0.2, 0.25) is 0 Å². The van der Waals surface area contributed by atoms with E-state index in [4.69, 9.17) is 0 Å². The average Bonchev–Trinajstić information content (AvgIpc) is 2.35. The van der Waals surface area contributed by atoms with E-state index in [1.54, 1.807) is 0 Å². The molecule has 3 nitrogen and oxygen atoms in total. The van der Waals surface area contributed by atoms with Crippen LogP contribution in [0.25, 0.3) is 0 Å². The molecule has 0 heterocycles. The summed E-state index contributed by atoms with van der Waals surface area (Å²) < 4.78 is 4.60. The fourth-order valence-electron chi connectivity index (χ4n) is 2.04. The number of unbranched alkanes of at least 4 members (excludes halogenated alkanes) is 10. The lowest BCUT2D eigenvalue weighted by molar-refractivity contribution is -0.140. The van der Waals surface area contributed by atoms with Crippen molar-refractivity contribution >= 4 is 5.97 Å². The topological polar surface area (TPSA) is 61.3 Å². The van der Waals surface area contributed by atoms with Gasteiger partial charge in [0.2, 0.25) is 0 Å². The first-order valence-corrected chi connectivity index (χ1v) is 7.38. The van der Waals surface area contributed by atoms with Crippen LogP contribution in [0.15, 0.2) is 0 Å². The minimum absolute atomic E-state index is 0. The van der Waals surface area contributed by atoms with Crippen molar-refractivity contribution in [1.82, 2.24) is 6.15 Å². The summed E-state index contributed by atoms with van der Waals surface area (Å²) in [5.41, 5.74) is 0. The molecule has 0 radical (unpaired) electrons. The van der Waals surface area contributed by atoms with E-state index >= 15 is 0 Å². The zero-order valence-corrected chi connectivity index (χ0v) is 12.5. The Morgan fingerprint density at radius 2 is 1.17 bits per heavy atom. The monoisotopic (exact) mass is 259 g/mol. The van der Waals surface area contributed by atoms with Crippen molar-refractivity contribution < 1.29 is 9.53 Å². The second-order valence-electron chi connectivity index (χ2n) is 4.86. The van der Waals surface area contributed by atoms with E-state index in [2.05, 4.69) is 11.7 Å². The van der Waals surface area contributed by atoms with Gasteiger partial charge in [0.05, 0.1) is 7.11 Å². The van der Waals surface area contributed by atoms with E-state index in [0.717, 1.165) is 6.42 Å². The molecule has 0 aliphatic carbocycles. The van der Waals surface area contributed by atoms with E-state index in [1.807, 2.05) is 0 Å². The summed E-state index contributed by atoms with van der Waals surface area (Å²) in [7, 11) is 1.46. The van der Waals surface area contributed by atoms with Crippen LogP contribution in [-0.2, 0) is 9.53 Å². The second-order valence-corrected chi connectivity index (χ2v) is 4.86. The Morgan fingerprint density at radius 3 is 1.56 bits per heavy atom. The number of carbonyl (C=O) groups is 1. The lowest BCUT2D eigenvalue weighted by Crippen LogP contribution is -1.99. The number of rotatable bonds is 12. The predicted octanol–water partition coefficient (Wildman–Crippen LogP) is 5.02. The normalized spacial score (nSPS) is 9.89. The highest BCUT2D eigenvalue weighted by Gasteiger charge is 1.98. The SMILES string of the molecule is CCCCCCCCCCCCCC(=O)OC.N. The molecule has 0 fully saturated rings. The van der Waals surface area contributed by atoms with E-state index in [-0.39, 0.29) is 12.1 Å². The highest BCUT2D eigenvalue weighted by Crippen LogP contribution is 2.11. The van der Waals surface area contributed by atoms with Gasteiger partial charge in [0, 0.05) is 6.42 Å².